The largest absolute Gasteiger partial charge is 0.291 e. The van der Waals surface area contributed by atoms with E-state index < -0.39 is 16.1 Å². The Labute approximate surface area is 212 Å². The molecule has 186 valence electrons. The molecule has 0 saturated carbocycles. The smallest absolute Gasteiger partial charge is 0.0784 e. The van der Waals surface area contributed by atoms with E-state index in [0.717, 1.165) is 45.3 Å². The Hall–Kier alpha value is -1.43. The van der Waals surface area contributed by atoms with Gasteiger partial charge in [0.2, 0.25) is 0 Å². The summed E-state index contributed by atoms with van der Waals surface area (Å²) in [6, 6.07) is 11.1. The SMILES string of the molecule is CCC1=C(CC)/C(CC)=C(/[Si](C)(C)C)C2=C(CN(Cc3ccccc3)C2)/C([Si](C)(C)C)=C\1CC. The van der Waals surface area contributed by atoms with Gasteiger partial charge in [-0.05, 0) is 64.7 Å². The number of benzene rings is 1. The lowest BCUT2D eigenvalue weighted by Crippen LogP contribution is -2.33. The topological polar surface area (TPSA) is 3.24 Å². The van der Waals surface area contributed by atoms with Crippen LogP contribution in [0.1, 0.15) is 58.9 Å². The molecule has 0 unspecified atom stereocenters. The molecule has 1 nitrogen and oxygen atoms in total. The average Bonchev–Trinajstić information content (AvgIpc) is 3.13. The van der Waals surface area contributed by atoms with Crippen LogP contribution in [-0.4, -0.2) is 34.1 Å². The van der Waals surface area contributed by atoms with E-state index in [1.807, 2.05) is 0 Å². The van der Waals surface area contributed by atoms with Gasteiger partial charge in [0, 0.05) is 19.6 Å². The van der Waals surface area contributed by atoms with Crippen LogP contribution in [0.5, 0.6) is 0 Å². The summed E-state index contributed by atoms with van der Waals surface area (Å²) in [7, 11) is -3.14. The minimum absolute atomic E-state index is 1.05. The van der Waals surface area contributed by atoms with Crippen molar-refractivity contribution in [3.8, 4) is 0 Å². The third kappa shape index (κ3) is 5.37. The molecule has 3 rings (SSSR count). The Morgan fingerprint density at radius 3 is 1.29 bits per heavy atom. The van der Waals surface area contributed by atoms with Crippen molar-refractivity contribution in [2.24, 2.45) is 0 Å². The Morgan fingerprint density at radius 1 is 0.588 bits per heavy atom. The lowest BCUT2D eigenvalue weighted by atomic mass is 9.84. The standard InChI is InChI=1S/C31H49NSi2/c1-11-24-25(12-2)27(14-4)31(34(8,9)10)29-22-32(20-23-18-16-15-17-19-23)21-28(29)30(26(24)13-3)33(5,6)7/h15-19H,11-14,20-22H2,1-10H3/b25-24-,26-24?,27-25?,30-26+,30-28?,31-27+,31-29?. The first-order valence-corrected chi connectivity index (χ1v) is 20.7. The Balaban J connectivity index is 2.35. The van der Waals surface area contributed by atoms with Crippen LogP contribution in [0, 0.1) is 0 Å². The molecule has 0 radical (unpaired) electrons. The molecule has 0 amide bonds. The van der Waals surface area contributed by atoms with Crippen molar-refractivity contribution in [2.75, 3.05) is 13.1 Å². The normalized spacial score (nSPS) is 25.0. The summed E-state index contributed by atoms with van der Waals surface area (Å²) >= 11 is 0. The molecule has 0 fully saturated rings. The molecule has 0 spiro atoms. The van der Waals surface area contributed by atoms with Crippen molar-refractivity contribution >= 4 is 16.1 Å². The first-order chi connectivity index (χ1) is 16.0. The van der Waals surface area contributed by atoms with Gasteiger partial charge in [-0.25, -0.2) is 0 Å². The van der Waals surface area contributed by atoms with Gasteiger partial charge in [0.1, 0.15) is 0 Å². The van der Waals surface area contributed by atoms with Gasteiger partial charge in [-0.2, -0.15) is 0 Å². The van der Waals surface area contributed by atoms with E-state index in [-0.39, 0.29) is 0 Å². The molecular weight excluding hydrogens is 443 g/mol. The van der Waals surface area contributed by atoms with E-state index in [4.69, 9.17) is 0 Å². The third-order valence-electron chi connectivity index (χ3n) is 7.59. The van der Waals surface area contributed by atoms with E-state index in [2.05, 4.69) is 102 Å². The molecule has 0 aromatic heterocycles. The molecule has 1 aliphatic carbocycles. The van der Waals surface area contributed by atoms with Crippen LogP contribution >= 0.6 is 0 Å². The predicted octanol–water partition coefficient (Wildman–Crippen LogP) is 9.10. The Morgan fingerprint density at radius 2 is 0.971 bits per heavy atom. The number of rotatable bonds is 8. The number of hydrogen-bond acceptors (Lipinski definition) is 1. The highest BCUT2D eigenvalue weighted by molar-refractivity contribution is 6.85. The van der Waals surface area contributed by atoms with Crippen LogP contribution in [0.4, 0.5) is 0 Å². The van der Waals surface area contributed by atoms with E-state index in [9.17, 15) is 0 Å². The average molecular weight is 492 g/mol. The molecule has 1 aromatic rings. The van der Waals surface area contributed by atoms with Crippen LogP contribution in [0.25, 0.3) is 0 Å². The molecule has 0 bridgehead atoms. The van der Waals surface area contributed by atoms with E-state index in [1.54, 1.807) is 43.8 Å². The third-order valence-corrected chi connectivity index (χ3v) is 11.8. The molecule has 0 saturated heterocycles. The van der Waals surface area contributed by atoms with Crippen LogP contribution in [0.3, 0.4) is 0 Å². The van der Waals surface area contributed by atoms with Crippen molar-refractivity contribution < 1.29 is 0 Å². The highest BCUT2D eigenvalue weighted by Crippen LogP contribution is 2.46. The summed E-state index contributed by atoms with van der Waals surface area (Å²) in [5, 5.41) is 3.57. The molecular formula is C31H49NSi2. The fourth-order valence-corrected chi connectivity index (χ4v) is 11.3. The molecule has 1 aromatic carbocycles. The van der Waals surface area contributed by atoms with Gasteiger partial charge in [-0.15, -0.1) is 0 Å². The van der Waals surface area contributed by atoms with Crippen LogP contribution in [0.2, 0.25) is 39.3 Å². The first kappa shape index (κ1) is 27.2. The van der Waals surface area contributed by atoms with E-state index in [0.29, 0.717) is 0 Å². The summed E-state index contributed by atoms with van der Waals surface area (Å²) in [6.07, 6.45) is 4.61. The van der Waals surface area contributed by atoms with Crippen molar-refractivity contribution in [1.29, 1.82) is 0 Å². The maximum atomic E-state index is 2.73. The van der Waals surface area contributed by atoms with Gasteiger partial charge in [0.25, 0.3) is 0 Å². The lowest BCUT2D eigenvalue weighted by Gasteiger charge is -2.36. The fraction of sp³-hybridized carbons (Fsp3) is 0.548. The van der Waals surface area contributed by atoms with Gasteiger partial charge in [-0.3, -0.25) is 4.90 Å². The highest BCUT2D eigenvalue weighted by atomic mass is 28.3. The summed E-state index contributed by atoms with van der Waals surface area (Å²) in [5.41, 5.74) is 11.6. The molecule has 0 N–H and O–H groups in total. The van der Waals surface area contributed by atoms with Gasteiger partial charge < -0.3 is 0 Å². The first-order valence-electron chi connectivity index (χ1n) is 13.7. The fourth-order valence-electron chi connectivity index (χ4n) is 6.58. The van der Waals surface area contributed by atoms with Gasteiger partial charge in [0.15, 0.2) is 0 Å². The summed E-state index contributed by atoms with van der Waals surface area (Å²) in [4.78, 5) is 2.73. The second-order valence-electron chi connectivity index (χ2n) is 12.2. The van der Waals surface area contributed by atoms with E-state index >= 15 is 0 Å². The zero-order valence-corrected chi connectivity index (χ0v) is 25.8. The lowest BCUT2D eigenvalue weighted by molar-refractivity contribution is 0.339. The Bertz CT molecular complexity index is 961. The maximum Gasteiger partial charge on any atom is 0.0784 e. The monoisotopic (exact) mass is 491 g/mol. The second kappa shape index (κ2) is 10.7. The second-order valence-corrected chi connectivity index (χ2v) is 22.2. The highest BCUT2D eigenvalue weighted by Gasteiger charge is 2.39. The molecule has 1 heterocycles. The number of allylic oxidation sites excluding steroid dienone is 4. The summed E-state index contributed by atoms with van der Waals surface area (Å²) in [6.45, 7) is 28.4. The zero-order valence-electron chi connectivity index (χ0n) is 23.8. The van der Waals surface area contributed by atoms with Crippen LogP contribution in [0.15, 0.2) is 74.2 Å². The van der Waals surface area contributed by atoms with E-state index in [1.165, 1.54) is 5.56 Å². The quantitative estimate of drug-likeness (QED) is 0.328. The molecule has 2 aliphatic rings. The van der Waals surface area contributed by atoms with Crippen molar-refractivity contribution in [3.63, 3.8) is 0 Å². The van der Waals surface area contributed by atoms with Crippen LogP contribution < -0.4 is 0 Å². The van der Waals surface area contributed by atoms with Crippen molar-refractivity contribution in [2.45, 2.75) is 99.2 Å². The summed E-state index contributed by atoms with van der Waals surface area (Å²) < 4.78 is 0. The minimum Gasteiger partial charge on any atom is -0.291 e. The van der Waals surface area contributed by atoms with Crippen LogP contribution in [-0.2, 0) is 6.54 Å². The molecule has 34 heavy (non-hydrogen) atoms. The molecule has 0 atom stereocenters. The number of hydrogen-bond donors (Lipinski definition) is 0. The van der Waals surface area contributed by atoms with Gasteiger partial charge in [-0.1, -0.05) is 108 Å². The van der Waals surface area contributed by atoms with Crippen molar-refractivity contribution in [3.05, 3.63) is 79.7 Å². The van der Waals surface area contributed by atoms with Crippen molar-refractivity contribution in [1.82, 2.24) is 4.90 Å². The minimum atomic E-state index is -1.57. The van der Waals surface area contributed by atoms with Gasteiger partial charge >= 0.3 is 0 Å². The summed E-state index contributed by atoms with van der Waals surface area (Å²) in [5.74, 6) is 0. The Kier molecular flexibility index (Phi) is 8.53. The van der Waals surface area contributed by atoms with Gasteiger partial charge in [0.05, 0.1) is 16.1 Å². The zero-order chi connectivity index (χ0) is 25.3. The predicted molar refractivity (Wildman–Crippen MR) is 158 cm³/mol. The maximum absolute atomic E-state index is 2.73. The molecule has 3 heteroatoms. The number of nitrogens with zero attached hydrogens (tertiary/aromatic N) is 1. The molecule has 1 aliphatic heterocycles.